The first kappa shape index (κ1) is 27.8. The lowest BCUT2D eigenvalue weighted by molar-refractivity contribution is -0.124. The standard InChI is InChI=1S/C33H39N3O4/c1-3-40-33(38)30-23-35(28-17-13-26(14-18-28)12-11-25-7-5-4-6-8-25)34-31(30)36(29-19-21-39-22-20-29)32(37)27-15-9-24(2)10-16-27/h4-8,11-14,17-18,23-24,27,29H,3,9-10,15-16,19-22H2,1-2H3/b12-11+. The summed E-state index contributed by atoms with van der Waals surface area (Å²) in [5, 5.41) is 4.88. The number of ether oxygens (including phenoxy) is 2. The topological polar surface area (TPSA) is 73.7 Å². The van der Waals surface area contributed by atoms with Gasteiger partial charge in [-0.2, -0.15) is 0 Å². The van der Waals surface area contributed by atoms with Crippen molar-refractivity contribution in [2.75, 3.05) is 24.7 Å². The molecule has 0 unspecified atom stereocenters. The Morgan fingerprint density at radius 1 is 0.950 bits per heavy atom. The smallest absolute Gasteiger partial charge is 0.343 e. The summed E-state index contributed by atoms with van der Waals surface area (Å²) in [6, 6.07) is 18.1. The van der Waals surface area contributed by atoms with Gasteiger partial charge in [0, 0.05) is 31.4 Å². The normalized spacial score (nSPS) is 19.9. The van der Waals surface area contributed by atoms with E-state index in [2.05, 4.69) is 31.2 Å². The van der Waals surface area contributed by atoms with Crippen LogP contribution in [-0.2, 0) is 14.3 Å². The molecule has 2 heterocycles. The maximum absolute atomic E-state index is 14.1. The number of esters is 1. The molecule has 0 bridgehead atoms. The highest BCUT2D eigenvalue weighted by Gasteiger charge is 2.37. The molecular weight excluding hydrogens is 502 g/mol. The van der Waals surface area contributed by atoms with E-state index in [4.69, 9.17) is 14.6 Å². The molecule has 0 spiro atoms. The fourth-order valence-electron chi connectivity index (χ4n) is 5.63. The predicted molar refractivity (Wildman–Crippen MR) is 157 cm³/mol. The molecule has 7 nitrogen and oxygen atoms in total. The molecule has 1 aliphatic carbocycles. The fourth-order valence-corrected chi connectivity index (χ4v) is 5.63. The van der Waals surface area contributed by atoms with Gasteiger partial charge in [-0.05, 0) is 74.6 Å². The monoisotopic (exact) mass is 541 g/mol. The molecule has 210 valence electrons. The predicted octanol–water partition coefficient (Wildman–Crippen LogP) is 6.56. The van der Waals surface area contributed by atoms with Crippen LogP contribution in [0.1, 0.15) is 73.9 Å². The molecule has 2 fully saturated rings. The van der Waals surface area contributed by atoms with Crippen LogP contribution >= 0.6 is 0 Å². The lowest BCUT2D eigenvalue weighted by Gasteiger charge is -2.37. The summed E-state index contributed by atoms with van der Waals surface area (Å²) in [5.74, 6) is 0.571. The summed E-state index contributed by atoms with van der Waals surface area (Å²) in [6.45, 7) is 5.46. The zero-order valence-electron chi connectivity index (χ0n) is 23.5. The van der Waals surface area contributed by atoms with Crippen LogP contribution in [0.2, 0.25) is 0 Å². The van der Waals surface area contributed by atoms with Gasteiger partial charge in [-0.25, -0.2) is 9.48 Å². The molecule has 0 atom stereocenters. The van der Waals surface area contributed by atoms with Crippen LogP contribution in [0.3, 0.4) is 0 Å². The van der Waals surface area contributed by atoms with Crippen molar-refractivity contribution < 1.29 is 19.1 Å². The molecule has 1 aromatic heterocycles. The number of aromatic nitrogens is 2. The molecule has 7 heteroatoms. The number of hydrogen-bond donors (Lipinski definition) is 0. The van der Waals surface area contributed by atoms with Crippen molar-refractivity contribution in [3.8, 4) is 5.69 Å². The summed E-state index contributed by atoms with van der Waals surface area (Å²) in [4.78, 5) is 29.1. The SMILES string of the molecule is CCOC(=O)c1cn(-c2ccc(/C=C/c3ccccc3)cc2)nc1N(C(=O)C1CCC(C)CC1)C1CCOCC1. The van der Waals surface area contributed by atoms with E-state index in [0.29, 0.717) is 43.4 Å². The zero-order chi connectivity index (χ0) is 27.9. The van der Waals surface area contributed by atoms with Crippen molar-refractivity contribution in [1.82, 2.24) is 9.78 Å². The molecule has 0 radical (unpaired) electrons. The number of rotatable bonds is 8. The van der Waals surface area contributed by atoms with Gasteiger partial charge >= 0.3 is 5.97 Å². The molecule has 3 aromatic rings. The molecule has 40 heavy (non-hydrogen) atoms. The highest BCUT2D eigenvalue weighted by atomic mass is 16.5. The third kappa shape index (κ3) is 6.53. The fraction of sp³-hybridized carbons (Fsp3) is 0.424. The van der Waals surface area contributed by atoms with Gasteiger partial charge in [0.2, 0.25) is 5.91 Å². The largest absolute Gasteiger partial charge is 0.462 e. The molecule has 1 aliphatic heterocycles. The first-order chi connectivity index (χ1) is 19.5. The Bertz CT molecular complexity index is 1300. The lowest BCUT2D eigenvalue weighted by Crippen LogP contribution is -2.47. The van der Waals surface area contributed by atoms with Crippen molar-refractivity contribution in [3.63, 3.8) is 0 Å². The highest BCUT2D eigenvalue weighted by molar-refractivity contribution is 6.02. The molecular formula is C33H39N3O4. The van der Waals surface area contributed by atoms with E-state index in [-0.39, 0.29) is 24.5 Å². The molecule has 5 rings (SSSR count). The second kappa shape index (κ2) is 13.1. The Balaban J connectivity index is 1.47. The first-order valence-electron chi connectivity index (χ1n) is 14.5. The number of carbonyl (C=O) groups is 2. The van der Waals surface area contributed by atoms with Gasteiger partial charge in [-0.15, -0.1) is 5.10 Å². The third-order valence-corrected chi connectivity index (χ3v) is 8.00. The average molecular weight is 542 g/mol. The van der Waals surface area contributed by atoms with Crippen molar-refractivity contribution in [1.29, 1.82) is 0 Å². The Hall–Kier alpha value is -3.71. The minimum atomic E-state index is -0.465. The van der Waals surface area contributed by atoms with Gasteiger partial charge in [0.25, 0.3) is 0 Å². The van der Waals surface area contributed by atoms with E-state index in [0.717, 1.165) is 42.5 Å². The van der Waals surface area contributed by atoms with Crippen LogP contribution in [0.25, 0.3) is 17.8 Å². The molecule has 0 N–H and O–H groups in total. The minimum Gasteiger partial charge on any atom is -0.462 e. The number of anilines is 1. The second-order valence-electron chi connectivity index (χ2n) is 10.9. The maximum atomic E-state index is 14.1. The first-order valence-corrected chi connectivity index (χ1v) is 14.5. The molecule has 2 aliphatic rings. The summed E-state index contributed by atoms with van der Waals surface area (Å²) in [6.07, 6.45) is 11.1. The van der Waals surface area contributed by atoms with Crippen molar-refractivity contribution in [2.24, 2.45) is 11.8 Å². The van der Waals surface area contributed by atoms with Gasteiger partial charge in [0.1, 0.15) is 5.56 Å². The number of amides is 1. The van der Waals surface area contributed by atoms with Crippen molar-refractivity contribution in [2.45, 2.75) is 58.4 Å². The van der Waals surface area contributed by atoms with Gasteiger partial charge in [-0.3, -0.25) is 9.69 Å². The second-order valence-corrected chi connectivity index (χ2v) is 10.9. The summed E-state index contributed by atoms with van der Waals surface area (Å²) in [5.41, 5.74) is 3.31. The van der Waals surface area contributed by atoms with Gasteiger partial charge in [-0.1, -0.05) is 61.5 Å². The Morgan fingerprint density at radius 2 is 1.60 bits per heavy atom. The third-order valence-electron chi connectivity index (χ3n) is 8.00. The van der Waals surface area contributed by atoms with Crippen LogP contribution in [0.4, 0.5) is 5.82 Å². The molecule has 1 saturated carbocycles. The molecule has 1 amide bonds. The van der Waals surface area contributed by atoms with Gasteiger partial charge in [0.15, 0.2) is 5.82 Å². The quantitative estimate of drug-likeness (QED) is 0.239. The van der Waals surface area contributed by atoms with Gasteiger partial charge < -0.3 is 9.47 Å². The van der Waals surface area contributed by atoms with Crippen molar-refractivity contribution in [3.05, 3.63) is 77.5 Å². The maximum Gasteiger partial charge on any atom is 0.343 e. The van der Waals surface area contributed by atoms with E-state index in [9.17, 15) is 9.59 Å². The minimum absolute atomic E-state index is 0.0603. The van der Waals surface area contributed by atoms with E-state index in [1.165, 1.54) is 0 Å². The Kier molecular flexibility index (Phi) is 9.12. The van der Waals surface area contributed by atoms with Crippen LogP contribution < -0.4 is 4.90 Å². The van der Waals surface area contributed by atoms with Crippen LogP contribution in [0, 0.1) is 11.8 Å². The summed E-state index contributed by atoms with van der Waals surface area (Å²) < 4.78 is 12.7. The number of hydrogen-bond acceptors (Lipinski definition) is 5. The summed E-state index contributed by atoms with van der Waals surface area (Å²) >= 11 is 0. The van der Waals surface area contributed by atoms with E-state index in [1.54, 1.807) is 17.8 Å². The van der Waals surface area contributed by atoms with Gasteiger partial charge in [0.05, 0.1) is 12.3 Å². The lowest BCUT2D eigenvalue weighted by atomic mass is 9.82. The number of carbonyl (C=O) groups excluding carboxylic acids is 2. The number of benzene rings is 2. The Labute approximate surface area is 236 Å². The van der Waals surface area contributed by atoms with Crippen LogP contribution in [0.5, 0.6) is 0 Å². The van der Waals surface area contributed by atoms with E-state index < -0.39 is 5.97 Å². The highest BCUT2D eigenvalue weighted by Crippen LogP contribution is 2.34. The van der Waals surface area contributed by atoms with Crippen LogP contribution in [0.15, 0.2) is 60.8 Å². The molecule has 2 aromatic carbocycles. The van der Waals surface area contributed by atoms with E-state index in [1.807, 2.05) is 47.4 Å². The van der Waals surface area contributed by atoms with Crippen molar-refractivity contribution >= 4 is 29.8 Å². The Morgan fingerprint density at radius 3 is 2.25 bits per heavy atom. The average Bonchev–Trinajstić information content (AvgIpc) is 3.43. The van der Waals surface area contributed by atoms with E-state index >= 15 is 0 Å². The zero-order valence-corrected chi connectivity index (χ0v) is 23.5. The number of nitrogens with zero attached hydrogens (tertiary/aromatic N) is 3. The molecule has 1 saturated heterocycles. The summed E-state index contributed by atoms with van der Waals surface area (Å²) in [7, 11) is 0. The van der Waals surface area contributed by atoms with Crippen LogP contribution in [-0.4, -0.2) is 47.5 Å².